The lowest BCUT2D eigenvalue weighted by Crippen LogP contribution is -2.29. The molecule has 0 unspecified atom stereocenters. The van der Waals surface area contributed by atoms with Crippen LogP contribution in [-0.4, -0.2) is 17.4 Å². The van der Waals surface area contributed by atoms with Crippen LogP contribution >= 0.6 is 0 Å². The van der Waals surface area contributed by atoms with Crippen LogP contribution in [0.5, 0.6) is 0 Å². The highest BCUT2D eigenvalue weighted by Gasteiger charge is 2.16. The molecule has 4 rings (SSSR count). The molecule has 3 heteroatoms. The number of benzene rings is 3. The number of aromatic nitrogens is 1. The van der Waals surface area contributed by atoms with Crippen LogP contribution in [0.4, 0.5) is 0 Å². The summed E-state index contributed by atoms with van der Waals surface area (Å²) in [6.07, 6.45) is 4.63. The van der Waals surface area contributed by atoms with E-state index in [1.165, 1.54) is 18.2 Å². The van der Waals surface area contributed by atoms with Crippen molar-refractivity contribution < 1.29 is 4.79 Å². The van der Waals surface area contributed by atoms with E-state index in [9.17, 15) is 4.79 Å². The van der Waals surface area contributed by atoms with Gasteiger partial charge in [-0.1, -0.05) is 93.8 Å². The molecule has 0 aliphatic rings. The van der Waals surface area contributed by atoms with Crippen LogP contribution in [0.25, 0.3) is 32.9 Å². The minimum atomic E-state index is -0.0185. The van der Waals surface area contributed by atoms with Gasteiger partial charge in [-0.15, -0.1) is 0 Å². The van der Waals surface area contributed by atoms with Gasteiger partial charge in [-0.3, -0.25) is 4.79 Å². The smallest absolute Gasteiger partial charge is 0.252 e. The number of nitrogens with one attached hydrogen (secondary N) is 1. The molecule has 0 spiro atoms. The summed E-state index contributed by atoms with van der Waals surface area (Å²) in [7, 11) is 0. The largest absolute Gasteiger partial charge is 0.352 e. The molecule has 0 saturated heterocycles. The molecule has 158 valence electrons. The lowest BCUT2D eigenvalue weighted by Gasteiger charge is -2.16. The topological polar surface area (TPSA) is 42.0 Å². The lowest BCUT2D eigenvalue weighted by molar-refractivity contribution is 0.0947. The molecular weight excluding hydrogens is 380 g/mol. The fourth-order valence-electron chi connectivity index (χ4n) is 4.23. The molecule has 4 aromatic rings. The first-order valence-electron chi connectivity index (χ1n) is 11.4. The van der Waals surface area contributed by atoms with Crippen LogP contribution in [0.15, 0.2) is 72.8 Å². The van der Waals surface area contributed by atoms with Crippen molar-refractivity contribution in [2.24, 2.45) is 5.92 Å². The fraction of sp³-hybridized carbons (Fsp3) is 0.286. The van der Waals surface area contributed by atoms with Gasteiger partial charge in [0.15, 0.2) is 0 Å². The summed E-state index contributed by atoms with van der Waals surface area (Å²) in [5, 5.41) is 6.41. The SMILES string of the molecule is CCCC[C@@H](CC)CNC(=O)c1cc(-c2cccc3ccccc23)nc2ccccc12. The first-order chi connectivity index (χ1) is 15.2. The zero-order valence-corrected chi connectivity index (χ0v) is 18.4. The Kier molecular flexibility index (Phi) is 6.61. The van der Waals surface area contributed by atoms with Crippen molar-refractivity contribution in [2.75, 3.05) is 6.54 Å². The maximum absolute atomic E-state index is 13.3. The van der Waals surface area contributed by atoms with Crippen molar-refractivity contribution in [3.63, 3.8) is 0 Å². The van der Waals surface area contributed by atoms with Gasteiger partial charge >= 0.3 is 0 Å². The number of pyridine rings is 1. The van der Waals surface area contributed by atoms with Crippen molar-refractivity contribution >= 4 is 27.6 Å². The lowest BCUT2D eigenvalue weighted by atomic mass is 9.98. The number of fused-ring (bicyclic) bond motifs is 2. The van der Waals surface area contributed by atoms with E-state index < -0.39 is 0 Å². The number of amides is 1. The van der Waals surface area contributed by atoms with Crippen LogP contribution in [0.3, 0.4) is 0 Å². The van der Waals surface area contributed by atoms with E-state index in [0.717, 1.165) is 46.9 Å². The number of carbonyl (C=O) groups excluding carboxylic acids is 1. The van der Waals surface area contributed by atoms with Gasteiger partial charge in [-0.2, -0.15) is 0 Å². The van der Waals surface area contributed by atoms with Crippen LogP contribution in [-0.2, 0) is 0 Å². The van der Waals surface area contributed by atoms with Crippen LogP contribution in [0, 0.1) is 5.92 Å². The number of rotatable bonds is 8. The molecule has 0 aliphatic carbocycles. The molecule has 3 aromatic carbocycles. The van der Waals surface area contributed by atoms with Gasteiger partial charge in [0.1, 0.15) is 0 Å². The second-order valence-electron chi connectivity index (χ2n) is 8.23. The summed E-state index contributed by atoms with van der Waals surface area (Å²) < 4.78 is 0. The van der Waals surface area contributed by atoms with Crippen molar-refractivity contribution in [3.05, 3.63) is 78.4 Å². The molecule has 3 nitrogen and oxygen atoms in total. The van der Waals surface area contributed by atoms with E-state index in [0.29, 0.717) is 11.5 Å². The third-order valence-corrected chi connectivity index (χ3v) is 6.12. The first-order valence-corrected chi connectivity index (χ1v) is 11.4. The number of carbonyl (C=O) groups is 1. The Balaban J connectivity index is 1.72. The average Bonchev–Trinajstić information content (AvgIpc) is 2.83. The molecule has 1 atom stereocenters. The predicted octanol–water partition coefficient (Wildman–Crippen LogP) is 7.00. The number of unbranched alkanes of at least 4 members (excludes halogenated alkanes) is 1. The molecule has 1 aromatic heterocycles. The fourth-order valence-corrected chi connectivity index (χ4v) is 4.23. The number of hydrogen-bond donors (Lipinski definition) is 1. The summed E-state index contributed by atoms with van der Waals surface area (Å²) in [6.45, 7) is 5.13. The van der Waals surface area contributed by atoms with E-state index >= 15 is 0 Å². The minimum Gasteiger partial charge on any atom is -0.352 e. The van der Waals surface area contributed by atoms with Gasteiger partial charge in [0.25, 0.3) is 5.91 Å². The van der Waals surface area contributed by atoms with Gasteiger partial charge in [-0.05, 0) is 35.2 Å². The van der Waals surface area contributed by atoms with Crippen LogP contribution < -0.4 is 5.32 Å². The van der Waals surface area contributed by atoms with E-state index in [2.05, 4.69) is 43.4 Å². The highest BCUT2D eigenvalue weighted by atomic mass is 16.1. The molecule has 1 heterocycles. The standard InChI is InChI=1S/C28H30N2O/c1-3-5-11-20(4-2)19-29-28(31)25-18-27(30-26-17-9-8-15-24(25)26)23-16-10-13-21-12-6-7-14-22(21)23/h6-10,12-18,20H,3-5,11,19H2,1-2H3,(H,29,31)/t20-/m1/s1. The van der Waals surface area contributed by atoms with Crippen molar-refractivity contribution in [3.8, 4) is 11.3 Å². The van der Waals surface area contributed by atoms with E-state index in [-0.39, 0.29) is 5.91 Å². The maximum Gasteiger partial charge on any atom is 0.252 e. The van der Waals surface area contributed by atoms with Gasteiger partial charge in [-0.25, -0.2) is 4.98 Å². The summed E-state index contributed by atoms with van der Waals surface area (Å²) in [6, 6.07) is 24.4. The summed E-state index contributed by atoms with van der Waals surface area (Å²) >= 11 is 0. The number of nitrogens with zero attached hydrogens (tertiary/aromatic N) is 1. The Morgan fingerprint density at radius 3 is 2.48 bits per heavy atom. The predicted molar refractivity (Wildman–Crippen MR) is 130 cm³/mol. The van der Waals surface area contributed by atoms with Gasteiger partial charge in [0.05, 0.1) is 16.8 Å². The Bertz CT molecular complexity index is 1190. The van der Waals surface area contributed by atoms with Crippen LogP contribution in [0.2, 0.25) is 0 Å². The van der Waals surface area contributed by atoms with Crippen molar-refractivity contribution in [1.82, 2.24) is 10.3 Å². The summed E-state index contributed by atoms with van der Waals surface area (Å²) in [4.78, 5) is 18.2. The molecule has 0 bridgehead atoms. The van der Waals surface area contributed by atoms with E-state index in [4.69, 9.17) is 4.98 Å². The first kappa shape index (κ1) is 21.0. The maximum atomic E-state index is 13.3. The second kappa shape index (κ2) is 9.74. The Labute approximate surface area is 184 Å². The number of para-hydroxylation sites is 1. The Morgan fingerprint density at radius 1 is 0.935 bits per heavy atom. The molecule has 1 amide bonds. The molecule has 0 fully saturated rings. The normalized spacial score (nSPS) is 12.2. The minimum absolute atomic E-state index is 0.0185. The van der Waals surface area contributed by atoms with Crippen molar-refractivity contribution in [1.29, 1.82) is 0 Å². The third-order valence-electron chi connectivity index (χ3n) is 6.12. The molecule has 0 aliphatic heterocycles. The molecule has 1 N–H and O–H groups in total. The highest BCUT2D eigenvalue weighted by molar-refractivity contribution is 6.08. The monoisotopic (exact) mass is 410 g/mol. The number of hydrogen-bond acceptors (Lipinski definition) is 2. The Hall–Kier alpha value is -3.20. The zero-order valence-electron chi connectivity index (χ0n) is 18.4. The average molecular weight is 411 g/mol. The summed E-state index contributed by atoms with van der Waals surface area (Å²) in [5.74, 6) is 0.504. The van der Waals surface area contributed by atoms with Gasteiger partial charge in [0.2, 0.25) is 0 Å². The molecule has 0 saturated carbocycles. The van der Waals surface area contributed by atoms with E-state index in [1.54, 1.807) is 0 Å². The van der Waals surface area contributed by atoms with Crippen LogP contribution in [0.1, 0.15) is 49.9 Å². The van der Waals surface area contributed by atoms with Crippen molar-refractivity contribution in [2.45, 2.75) is 39.5 Å². The zero-order chi connectivity index (χ0) is 21.6. The quantitative estimate of drug-likeness (QED) is 0.340. The van der Waals surface area contributed by atoms with E-state index in [1.807, 2.05) is 48.5 Å². The summed E-state index contributed by atoms with van der Waals surface area (Å²) in [5.41, 5.74) is 3.42. The molecular formula is C28H30N2O. The molecule has 0 radical (unpaired) electrons. The third kappa shape index (κ3) is 4.61. The van der Waals surface area contributed by atoms with Gasteiger partial charge < -0.3 is 5.32 Å². The molecule has 31 heavy (non-hydrogen) atoms. The highest BCUT2D eigenvalue weighted by Crippen LogP contribution is 2.30. The second-order valence-corrected chi connectivity index (χ2v) is 8.23. The van der Waals surface area contributed by atoms with Gasteiger partial charge in [0, 0.05) is 17.5 Å². The Morgan fingerprint density at radius 2 is 1.68 bits per heavy atom.